The van der Waals surface area contributed by atoms with Crippen LogP contribution in [0, 0.1) is 0 Å². The topological polar surface area (TPSA) is 83.0 Å². The lowest BCUT2D eigenvalue weighted by Crippen LogP contribution is -2.07. The van der Waals surface area contributed by atoms with Gasteiger partial charge in [0.1, 0.15) is 33.5 Å². The number of benzene rings is 11. The van der Waals surface area contributed by atoms with Crippen LogP contribution in [-0.4, -0.2) is 19.5 Å². The number of rotatable bonds is 7. The summed E-state index contributed by atoms with van der Waals surface area (Å²) in [5, 5.41) is 8.53. The molecule has 0 aliphatic rings. The molecular formula is C71H46N4O3. The first-order valence-electron chi connectivity index (χ1n) is 26.5. The van der Waals surface area contributed by atoms with E-state index in [1.165, 1.54) is 0 Å². The van der Waals surface area contributed by atoms with Crippen LogP contribution in [0.3, 0.4) is 0 Å². The van der Waals surface area contributed by atoms with Crippen LogP contribution in [0.1, 0.15) is 13.8 Å². The molecule has 0 saturated carbocycles. The summed E-state index contributed by atoms with van der Waals surface area (Å²) in [4.78, 5) is 16.1. The number of hydrogen-bond acceptors (Lipinski definition) is 6. The van der Waals surface area contributed by atoms with Crippen molar-refractivity contribution < 1.29 is 13.3 Å². The summed E-state index contributed by atoms with van der Waals surface area (Å²) >= 11 is 0. The van der Waals surface area contributed by atoms with E-state index in [2.05, 4.69) is 168 Å². The Labute approximate surface area is 447 Å². The molecule has 0 unspecified atom stereocenters. The lowest BCUT2D eigenvalue weighted by molar-refractivity contribution is 0.669. The first-order chi connectivity index (χ1) is 38.6. The summed E-state index contributed by atoms with van der Waals surface area (Å²) in [6.07, 6.45) is 0. The zero-order valence-corrected chi connectivity index (χ0v) is 42.6. The minimum absolute atomic E-state index is 0.486. The third-order valence-corrected chi connectivity index (χ3v) is 15.1. The molecule has 78 heavy (non-hydrogen) atoms. The fourth-order valence-electron chi connectivity index (χ4n) is 11.5. The van der Waals surface area contributed by atoms with E-state index in [1.54, 1.807) is 0 Å². The Morgan fingerprint density at radius 1 is 0.282 bits per heavy atom. The maximum absolute atomic E-state index is 6.70. The predicted octanol–water partition coefficient (Wildman–Crippen LogP) is 19.7. The molecule has 7 heteroatoms. The number of hydrogen-bond donors (Lipinski definition) is 0. The maximum Gasteiger partial charge on any atom is 0.238 e. The lowest BCUT2D eigenvalue weighted by atomic mass is 9.92. The Morgan fingerprint density at radius 2 is 0.756 bits per heavy atom. The molecule has 5 aromatic heterocycles. The van der Waals surface area contributed by atoms with E-state index < -0.39 is 0 Å². The highest BCUT2D eigenvalue weighted by atomic mass is 16.3. The zero-order chi connectivity index (χ0) is 51.8. The van der Waals surface area contributed by atoms with Crippen molar-refractivity contribution in [3.05, 3.63) is 243 Å². The highest BCUT2D eigenvalue weighted by Gasteiger charge is 2.24. The van der Waals surface area contributed by atoms with E-state index >= 15 is 0 Å². The fourth-order valence-corrected chi connectivity index (χ4v) is 11.5. The van der Waals surface area contributed by atoms with Crippen molar-refractivity contribution in [2.75, 3.05) is 0 Å². The van der Waals surface area contributed by atoms with Gasteiger partial charge in [-0.3, -0.25) is 4.57 Å². The summed E-state index contributed by atoms with van der Waals surface area (Å²) < 4.78 is 22.0. The van der Waals surface area contributed by atoms with Crippen LogP contribution in [-0.2, 0) is 0 Å². The molecule has 5 heterocycles. The van der Waals surface area contributed by atoms with E-state index in [9.17, 15) is 0 Å². The fraction of sp³-hybridized carbons (Fsp3) is 0.0282. The SMILES string of the molecule is CC.c1ccc(-c2cc(-c3cccc4c3oc3ccccc34)cc(-c3cccc4c5cc(-c6cccc7c6oc6ccccc67)ccc5n(-c5nc(-c6ccccc6)nc(-c6ccc7c(c6)oc6ccccc67)n5)c34)c2)cc1. The molecule has 0 N–H and O–H groups in total. The van der Waals surface area contributed by atoms with Gasteiger partial charge in [0.2, 0.25) is 5.95 Å². The Morgan fingerprint density at radius 3 is 1.41 bits per heavy atom. The molecule has 0 fully saturated rings. The van der Waals surface area contributed by atoms with Gasteiger partial charge in [-0.1, -0.05) is 196 Å². The van der Waals surface area contributed by atoms with Crippen LogP contribution >= 0.6 is 0 Å². The normalized spacial score (nSPS) is 11.7. The summed E-state index contributed by atoms with van der Waals surface area (Å²) in [6.45, 7) is 4.00. The van der Waals surface area contributed by atoms with Crippen molar-refractivity contribution in [3.63, 3.8) is 0 Å². The van der Waals surface area contributed by atoms with E-state index in [0.29, 0.717) is 17.6 Å². The molecule has 368 valence electrons. The molecule has 0 aliphatic carbocycles. The van der Waals surface area contributed by atoms with Gasteiger partial charge in [0, 0.05) is 70.9 Å². The molecular weight excluding hydrogens is 957 g/mol. The van der Waals surface area contributed by atoms with Crippen LogP contribution in [0.25, 0.3) is 161 Å². The number of aromatic nitrogens is 4. The van der Waals surface area contributed by atoms with Gasteiger partial charge in [-0.25, -0.2) is 4.98 Å². The average molecular weight is 1000 g/mol. The van der Waals surface area contributed by atoms with Gasteiger partial charge in [0.05, 0.1) is 11.0 Å². The van der Waals surface area contributed by atoms with Crippen molar-refractivity contribution in [2.45, 2.75) is 13.8 Å². The Bertz CT molecular complexity index is 5010. The Kier molecular flexibility index (Phi) is 10.5. The standard InChI is InChI=1S/C69H40N4O3.C2H6/c1-3-16-41(17-4-1)45-36-46(38-47(37-45)50-25-15-28-57-53-22-9-12-31-62(53)76-66(50)57)48-23-13-26-55-58-39-43(49-24-14-27-56-52-21-8-11-30-61(52)75-65(49)56)33-35-59(58)73(64(48)55)69-71-67(42-18-5-2-6-19-42)70-68(72-69)44-32-34-54-51-20-7-10-29-60(51)74-63(54)40-44;1-2/h1-40H;1-2H3. The van der Waals surface area contributed by atoms with E-state index in [1.807, 2.05) is 92.7 Å². The molecule has 11 aromatic carbocycles. The van der Waals surface area contributed by atoms with E-state index in [-0.39, 0.29) is 0 Å². The molecule has 0 spiro atoms. The lowest BCUT2D eigenvalue weighted by Gasteiger charge is -2.15. The highest BCUT2D eigenvalue weighted by Crippen LogP contribution is 2.45. The summed E-state index contributed by atoms with van der Waals surface area (Å²) in [5.41, 5.74) is 16.9. The van der Waals surface area contributed by atoms with Crippen molar-refractivity contribution in [2.24, 2.45) is 0 Å². The summed E-state index contributed by atoms with van der Waals surface area (Å²) in [5.74, 6) is 1.57. The second-order valence-corrected chi connectivity index (χ2v) is 19.5. The highest BCUT2D eigenvalue weighted by molar-refractivity contribution is 6.17. The van der Waals surface area contributed by atoms with Gasteiger partial charge in [-0.05, 0) is 88.5 Å². The average Bonchev–Trinajstić information content (AvgIpc) is 4.33. The third-order valence-electron chi connectivity index (χ3n) is 15.1. The summed E-state index contributed by atoms with van der Waals surface area (Å²) in [6, 6.07) is 84.7. The van der Waals surface area contributed by atoms with Crippen LogP contribution in [0.2, 0.25) is 0 Å². The van der Waals surface area contributed by atoms with Crippen LogP contribution < -0.4 is 0 Å². The Balaban J connectivity index is 0.00000262. The molecule has 0 saturated heterocycles. The van der Waals surface area contributed by atoms with Crippen LogP contribution in [0.5, 0.6) is 0 Å². The van der Waals surface area contributed by atoms with Gasteiger partial charge >= 0.3 is 0 Å². The number of nitrogens with zero attached hydrogens (tertiary/aromatic N) is 4. The number of para-hydroxylation sites is 6. The van der Waals surface area contributed by atoms with Gasteiger partial charge in [-0.15, -0.1) is 0 Å². The van der Waals surface area contributed by atoms with E-state index in [4.69, 9.17) is 28.2 Å². The molecule has 16 aromatic rings. The van der Waals surface area contributed by atoms with Gasteiger partial charge in [-0.2, -0.15) is 9.97 Å². The van der Waals surface area contributed by atoms with Gasteiger partial charge in [0.25, 0.3) is 0 Å². The second-order valence-electron chi connectivity index (χ2n) is 19.5. The maximum atomic E-state index is 6.70. The molecule has 16 rings (SSSR count). The van der Waals surface area contributed by atoms with Gasteiger partial charge in [0.15, 0.2) is 11.6 Å². The molecule has 0 aliphatic heterocycles. The van der Waals surface area contributed by atoms with Crippen LogP contribution in [0.4, 0.5) is 0 Å². The van der Waals surface area contributed by atoms with Crippen molar-refractivity contribution in [1.29, 1.82) is 0 Å². The second kappa shape index (κ2) is 18.2. The van der Waals surface area contributed by atoms with Gasteiger partial charge < -0.3 is 13.3 Å². The molecule has 7 nitrogen and oxygen atoms in total. The minimum atomic E-state index is 0.486. The molecule has 0 amide bonds. The molecule has 0 atom stereocenters. The van der Waals surface area contributed by atoms with E-state index in [0.717, 1.165) is 143 Å². The van der Waals surface area contributed by atoms with Crippen LogP contribution in [0.15, 0.2) is 256 Å². The van der Waals surface area contributed by atoms with Crippen molar-refractivity contribution in [1.82, 2.24) is 19.5 Å². The third kappa shape index (κ3) is 7.24. The minimum Gasteiger partial charge on any atom is -0.456 e. The largest absolute Gasteiger partial charge is 0.456 e. The first kappa shape index (κ1) is 45.1. The first-order valence-corrected chi connectivity index (χ1v) is 26.5. The quantitative estimate of drug-likeness (QED) is 0.158. The zero-order valence-electron chi connectivity index (χ0n) is 42.6. The Hall–Kier alpha value is -10.4. The van der Waals surface area contributed by atoms with Crippen molar-refractivity contribution in [3.8, 4) is 73.2 Å². The predicted molar refractivity (Wildman–Crippen MR) is 320 cm³/mol. The van der Waals surface area contributed by atoms with Crippen molar-refractivity contribution >= 4 is 87.6 Å². The number of furan rings is 3. The monoisotopic (exact) mass is 1000 g/mol. The smallest absolute Gasteiger partial charge is 0.238 e. The molecule has 0 radical (unpaired) electrons. The number of fused-ring (bicyclic) bond motifs is 12. The summed E-state index contributed by atoms with van der Waals surface area (Å²) in [7, 11) is 0. The molecule has 0 bridgehead atoms.